The van der Waals surface area contributed by atoms with Crippen LogP contribution in [0.25, 0.3) is 0 Å². The highest BCUT2D eigenvalue weighted by Gasteiger charge is 2.27. The molecule has 110 valence electrons. The molecule has 1 saturated carbocycles. The molecule has 1 aliphatic rings. The molecule has 0 radical (unpaired) electrons. The van der Waals surface area contributed by atoms with Crippen molar-refractivity contribution >= 4 is 5.91 Å². The summed E-state index contributed by atoms with van der Waals surface area (Å²) in [5.74, 6) is 1.41. The van der Waals surface area contributed by atoms with E-state index in [0.29, 0.717) is 25.3 Å². The lowest BCUT2D eigenvalue weighted by molar-refractivity contribution is -0.122. The van der Waals surface area contributed by atoms with Crippen molar-refractivity contribution in [2.45, 2.75) is 38.1 Å². The molecule has 1 aromatic rings. The van der Waals surface area contributed by atoms with Gasteiger partial charge in [-0.1, -0.05) is 24.6 Å². The van der Waals surface area contributed by atoms with Gasteiger partial charge < -0.3 is 15.8 Å². The van der Waals surface area contributed by atoms with Gasteiger partial charge in [0.1, 0.15) is 5.75 Å². The zero-order valence-corrected chi connectivity index (χ0v) is 12.1. The molecule has 0 saturated heterocycles. The molecule has 1 aliphatic carbocycles. The van der Waals surface area contributed by atoms with Gasteiger partial charge in [0, 0.05) is 12.5 Å². The number of aryl methyl sites for hydroxylation is 1. The monoisotopic (exact) mass is 276 g/mol. The van der Waals surface area contributed by atoms with Crippen molar-refractivity contribution in [3.8, 4) is 5.75 Å². The first kappa shape index (κ1) is 14.9. The Morgan fingerprint density at radius 3 is 2.95 bits per heavy atom. The zero-order chi connectivity index (χ0) is 14.4. The molecule has 0 heterocycles. The van der Waals surface area contributed by atoms with Crippen LogP contribution in [0.1, 0.15) is 31.2 Å². The van der Waals surface area contributed by atoms with E-state index < -0.39 is 0 Å². The minimum atomic E-state index is 0.112. The van der Waals surface area contributed by atoms with Gasteiger partial charge in [-0.2, -0.15) is 0 Å². The molecule has 2 rings (SSSR count). The third kappa shape index (κ3) is 3.73. The summed E-state index contributed by atoms with van der Waals surface area (Å²) < 4.78 is 5.30. The van der Waals surface area contributed by atoms with Crippen LogP contribution in [0, 0.1) is 5.92 Å². The smallest absolute Gasteiger partial charge is 0.220 e. The SMILES string of the molecule is COc1ccccc1CCC(=O)NC1CCCC1CN. The third-order valence-electron chi connectivity index (χ3n) is 4.12. The Bertz CT molecular complexity index is 448. The highest BCUT2D eigenvalue weighted by atomic mass is 16.5. The number of hydrogen-bond donors (Lipinski definition) is 2. The first-order valence-corrected chi connectivity index (χ1v) is 7.36. The molecule has 1 fully saturated rings. The number of rotatable bonds is 6. The number of methoxy groups -OCH3 is 1. The van der Waals surface area contributed by atoms with E-state index in [0.717, 1.165) is 24.2 Å². The second-order valence-corrected chi connectivity index (χ2v) is 5.41. The van der Waals surface area contributed by atoms with Crippen LogP contribution < -0.4 is 15.8 Å². The topological polar surface area (TPSA) is 64.3 Å². The average Bonchev–Trinajstić information content (AvgIpc) is 2.92. The molecule has 0 bridgehead atoms. The molecule has 2 unspecified atom stereocenters. The van der Waals surface area contributed by atoms with Crippen LogP contribution in [-0.4, -0.2) is 25.6 Å². The number of amides is 1. The van der Waals surface area contributed by atoms with Crippen molar-refractivity contribution in [2.75, 3.05) is 13.7 Å². The van der Waals surface area contributed by atoms with E-state index in [-0.39, 0.29) is 11.9 Å². The molecule has 0 aliphatic heterocycles. The van der Waals surface area contributed by atoms with Gasteiger partial charge in [0.15, 0.2) is 0 Å². The van der Waals surface area contributed by atoms with Crippen LogP contribution in [-0.2, 0) is 11.2 Å². The molecular weight excluding hydrogens is 252 g/mol. The fourth-order valence-corrected chi connectivity index (χ4v) is 2.95. The normalized spacial score (nSPS) is 21.7. The fourth-order valence-electron chi connectivity index (χ4n) is 2.95. The Balaban J connectivity index is 1.83. The Labute approximate surface area is 120 Å². The maximum Gasteiger partial charge on any atom is 0.220 e. The maximum atomic E-state index is 12.0. The molecular formula is C16H24N2O2. The fraction of sp³-hybridized carbons (Fsp3) is 0.562. The van der Waals surface area contributed by atoms with Crippen LogP contribution in [0.3, 0.4) is 0 Å². The van der Waals surface area contributed by atoms with Gasteiger partial charge in [0.05, 0.1) is 7.11 Å². The first-order chi connectivity index (χ1) is 9.74. The summed E-state index contributed by atoms with van der Waals surface area (Å²) in [6.45, 7) is 0.664. The van der Waals surface area contributed by atoms with Crippen LogP contribution in [0.15, 0.2) is 24.3 Å². The quantitative estimate of drug-likeness (QED) is 0.833. The molecule has 20 heavy (non-hydrogen) atoms. The van der Waals surface area contributed by atoms with Crippen molar-refractivity contribution in [1.82, 2.24) is 5.32 Å². The van der Waals surface area contributed by atoms with Crippen molar-refractivity contribution < 1.29 is 9.53 Å². The summed E-state index contributed by atoms with van der Waals surface area (Å²) >= 11 is 0. The molecule has 4 heteroatoms. The predicted octanol–water partition coefficient (Wildman–Crippen LogP) is 1.87. The third-order valence-corrected chi connectivity index (χ3v) is 4.12. The number of ether oxygens (including phenoxy) is 1. The van der Waals surface area contributed by atoms with Crippen molar-refractivity contribution in [1.29, 1.82) is 0 Å². The molecule has 3 N–H and O–H groups in total. The number of hydrogen-bond acceptors (Lipinski definition) is 3. The van der Waals surface area contributed by atoms with E-state index >= 15 is 0 Å². The van der Waals surface area contributed by atoms with E-state index in [1.165, 1.54) is 6.42 Å². The van der Waals surface area contributed by atoms with E-state index in [4.69, 9.17) is 10.5 Å². The Kier molecular flexibility index (Phi) is 5.41. The summed E-state index contributed by atoms with van der Waals surface area (Å²) in [5, 5.41) is 3.13. The number of nitrogens with one attached hydrogen (secondary N) is 1. The predicted molar refractivity (Wildman–Crippen MR) is 79.6 cm³/mol. The van der Waals surface area contributed by atoms with Crippen LogP contribution in [0.2, 0.25) is 0 Å². The lowest BCUT2D eigenvalue weighted by atomic mass is 10.0. The molecule has 0 aromatic heterocycles. The second kappa shape index (κ2) is 7.29. The summed E-state index contributed by atoms with van der Waals surface area (Å²) in [6, 6.07) is 8.10. The van der Waals surface area contributed by atoms with Gasteiger partial charge in [-0.05, 0) is 43.4 Å². The van der Waals surface area contributed by atoms with Gasteiger partial charge in [-0.25, -0.2) is 0 Å². The van der Waals surface area contributed by atoms with Crippen molar-refractivity contribution in [3.05, 3.63) is 29.8 Å². The Morgan fingerprint density at radius 1 is 1.40 bits per heavy atom. The van der Waals surface area contributed by atoms with Crippen LogP contribution >= 0.6 is 0 Å². The molecule has 1 aromatic carbocycles. The minimum absolute atomic E-state index is 0.112. The van der Waals surface area contributed by atoms with E-state index in [2.05, 4.69) is 5.32 Å². The molecule has 1 amide bonds. The number of para-hydroxylation sites is 1. The number of benzene rings is 1. The maximum absolute atomic E-state index is 12.0. The summed E-state index contributed by atoms with van der Waals surface area (Å²) in [4.78, 5) is 12.0. The van der Waals surface area contributed by atoms with Gasteiger partial charge in [0.2, 0.25) is 5.91 Å². The molecule has 2 atom stereocenters. The minimum Gasteiger partial charge on any atom is -0.496 e. The Morgan fingerprint density at radius 2 is 2.20 bits per heavy atom. The van der Waals surface area contributed by atoms with Gasteiger partial charge in [-0.15, -0.1) is 0 Å². The van der Waals surface area contributed by atoms with Crippen molar-refractivity contribution in [3.63, 3.8) is 0 Å². The van der Waals surface area contributed by atoms with Crippen molar-refractivity contribution in [2.24, 2.45) is 11.7 Å². The second-order valence-electron chi connectivity index (χ2n) is 5.41. The van der Waals surface area contributed by atoms with Gasteiger partial charge in [-0.3, -0.25) is 4.79 Å². The van der Waals surface area contributed by atoms with E-state index in [1.54, 1.807) is 7.11 Å². The van der Waals surface area contributed by atoms with Crippen LogP contribution in [0.4, 0.5) is 0 Å². The number of nitrogens with two attached hydrogens (primary N) is 1. The van der Waals surface area contributed by atoms with Gasteiger partial charge in [0.25, 0.3) is 0 Å². The highest BCUT2D eigenvalue weighted by molar-refractivity contribution is 5.76. The van der Waals surface area contributed by atoms with Gasteiger partial charge >= 0.3 is 0 Å². The van der Waals surface area contributed by atoms with E-state index in [1.807, 2.05) is 24.3 Å². The zero-order valence-electron chi connectivity index (χ0n) is 12.1. The lowest BCUT2D eigenvalue weighted by Gasteiger charge is -2.19. The number of carbonyl (C=O) groups is 1. The number of carbonyl (C=O) groups excluding carboxylic acids is 1. The van der Waals surface area contributed by atoms with Crippen LogP contribution in [0.5, 0.6) is 5.75 Å². The largest absolute Gasteiger partial charge is 0.496 e. The Hall–Kier alpha value is -1.55. The lowest BCUT2D eigenvalue weighted by Crippen LogP contribution is -2.39. The van der Waals surface area contributed by atoms with E-state index in [9.17, 15) is 4.79 Å². The first-order valence-electron chi connectivity index (χ1n) is 7.36. The standard InChI is InChI=1S/C16H24N2O2/c1-20-15-8-3-2-5-12(15)9-10-16(19)18-14-7-4-6-13(14)11-17/h2-3,5,8,13-14H,4,6-7,9-11,17H2,1H3,(H,18,19). The summed E-state index contributed by atoms with van der Waals surface area (Å²) in [6.07, 6.45) is 4.56. The summed E-state index contributed by atoms with van der Waals surface area (Å²) in [7, 11) is 1.66. The highest BCUT2D eigenvalue weighted by Crippen LogP contribution is 2.25. The average molecular weight is 276 g/mol. The summed E-state index contributed by atoms with van der Waals surface area (Å²) in [5.41, 5.74) is 6.81. The molecule has 4 nitrogen and oxygen atoms in total. The molecule has 0 spiro atoms.